The van der Waals surface area contributed by atoms with Gasteiger partial charge in [-0.2, -0.15) is 0 Å². The summed E-state index contributed by atoms with van der Waals surface area (Å²) in [6.07, 6.45) is 0.924. The number of nitrogens with zero attached hydrogens (tertiary/aromatic N) is 1. The number of benzene rings is 1. The van der Waals surface area contributed by atoms with Gasteiger partial charge in [-0.25, -0.2) is 0 Å². The zero-order chi connectivity index (χ0) is 14.8. The number of hydrogen-bond donors (Lipinski definition) is 1. The fourth-order valence-corrected chi connectivity index (χ4v) is 3.70. The van der Waals surface area contributed by atoms with E-state index >= 15 is 0 Å². The van der Waals surface area contributed by atoms with E-state index in [-0.39, 0.29) is 0 Å². The topological polar surface area (TPSA) is 49.8 Å². The van der Waals surface area contributed by atoms with Crippen LogP contribution in [-0.2, 0) is 17.8 Å². The molecule has 5 heteroatoms. The molecule has 1 aromatic carbocycles. The van der Waals surface area contributed by atoms with Gasteiger partial charge in [-0.1, -0.05) is 12.1 Å². The maximum Gasteiger partial charge on any atom is 0.325 e. The Balaban J connectivity index is 1.82. The third-order valence-electron chi connectivity index (χ3n) is 3.84. The summed E-state index contributed by atoms with van der Waals surface area (Å²) >= 11 is 1.65. The highest BCUT2D eigenvalue weighted by Gasteiger charge is 2.33. The molecule has 0 saturated heterocycles. The first-order valence-electron chi connectivity index (χ1n) is 6.85. The largest absolute Gasteiger partial charge is 0.497 e. The first kappa shape index (κ1) is 14.1. The lowest BCUT2D eigenvalue weighted by Gasteiger charge is -2.33. The Morgan fingerprint density at radius 1 is 1.38 bits per heavy atom. The van der Waals surface area contributed by atoms with Crippen LogP contribution >= 0.6 is 11.3 Å². The molecule has 2 heterocycles. The number of ether oxygens (including phenoxy) is 1. The van der Waals surface area contributed by atoms with E-state index in [9.17, 15) is 9.90 Å². The molecule has 0 radical (unpaired) electrons. The van der Waals surface area contributed by atoms with Crippen LogP contribution in [-0.4, -0.2) is 29.6 Å². The molecular formula is C16H17NO3S. The highest BCUT2D eigenvalue weighted by atomic mass is 32.1. The number of fused-ring (bicyclic) bond motifs is 1. The molecule has 0 amide bonds. The van der Waals surface area contributed by atoms with E-state index < -0.39 is 12.0 Å². The molecule has 21 heavy (non-hydrogen) atoms. The predicted molar refractivity (Wildman–Crippen MR) is 81.8 cm³/mol. The van der Waals surface area contributed by atoms with Crippen LogP contribution in [0.15, 0.2) is 35.7 Å². The molecule has 1 N–H and O–H groups in total. The van der Waals surface area contributed by atoms with E-state index in [1.807, 2.05) is 40.6 Å². The lowest BCUT2D eigenvalue weighted by atomic mass is 9.99. The second-order valence-electron chi connectivity index (χ2n) is 5.11. The number of thiophene rings is 1. The molecule has 4 nitrogen and oxygen atoms in total. The normalized spacial score (nSPS) is 18.2. The Bertz CT molecular complexity index is 635. The van der Waals surface area contributed by atoms with Gasteiger partial charge in [0.2, 0.25) is 0 Å². The SMILES string of the molecule is COc1ccc(CN2CCc3sccc3C2C(=O)O)cc1. The molecule has 110 valence electrons. The minimum atomic E-state index is -0.775. The van der Waals surface area contributed by atoms with Gasteiger partial charge in [0.05, 0.1) is 7.11 Å². The summed E-state index contributed by atoms with van der Waals surface area (Å²) in [7, 11) is 1.64. The van der Waals surface area contributed by atoms with Crippen LogP contribution in [0.5, 0.6) is 5.75 Å². The van der Waals surface area contributed by atoms with Crippen molar-refractivity contribution in [3.63, 3.8) is 0 Å². The molecule has 0 fully saturated rings. The van der Waals surface area contributed by atoms with Gasteiger partial charge >= 0.3 is 5.97 Å². The van der Waals surface area contributed by atoms with Crippen molar-refractivity contribution < 1.29 is 14.6 Å². The van der Waals surface area contributed by atoms with Crippen molar-refractivity contribution >= 4 is 17.3 Å². The summed E-state index contributed by atoms with van der Waals surface area (Å²) in [4.78, 5) is 14.9. The summed E-state index contributed by atoms with van der Waals surface area (Å²) in [5, 5.41) is 11.6. The molecule has 1 atom stereocenters. The minimum absolute atomic E-state index is 0.540. The van der Waals surface area contributed by atoms with E-state index in [1.54, 1.807) is 18.4 Å². The second kappa shape index (κ2) is 5.87. The smallest absolute Gasteiger partial charge is 0.325 e. The maximum absolute atomic E-state index is 11.7. The van der Waals surface area contributed by atoms with Gasteiger partial charge in [0.15, 0.2) is 0 Å². The van der Waals surface area contributed by atoms with Crippen molar-refractivity contribution in [2.45, 2.75) is 19.0 Å². The molecule has 0 aliphatic carbocycles. The first-order chi connectivity index (χ1) is 10.2. The van der Waals surface area contributed by atoms with Crippen molar-refractivity contribution in [2.75, 3.05) is 13.7 Å². The quantitative estimate of drug-likeness (QED) is 0.943. The van der Waals surface area contributed by atoms with Gasteiger partial charge in [-0.3, -0.25) is 9.69 Å². The number of carbonyl (C=O) groups is 1. The Kier molecular flexibility index (Phi) is 3.94. The number of carboxylic acids is 1. The third-order valence-corrected chi connectivity index (χ3v) is 4.84. The third kappa shape index (κ3) is 2.80. The zero-order valence-corrected chi connectivity index (χ0v) is 12.6. The Labute approximate surface area is 127 Å². The van der Waals surface area contributed by atoms with Crippen LogP contribution in [0, 0.1) is 0 Å². The average Bonchev–Trinajstić information content (AvgIpc) is 2.95. The molecule has 1 aliphatic heterocycles. The summed E-state index contributed by atoms with van der Waals surface area (Å²) in [6, 6.07) is 9.19. The lowest BCUT2D eigenvalue weighted by molar-refractivity contribution is -0.144. The summed E-state index contributed by atoms with van der Waals surface area (Å²) in [5.74, 6) is 0.0372. The number of hydrogen-bond acceptors (Lipinski definition) is 4. The van der Waals surface area contributed by atoms with Crippen LogP contribution in [0.25, 0.3) is 0 Å². The lowest BCUT2D eigenvalue weighted by Crippen LogP contribution is -2.38. The molecule has 0 bridgehead atoms. The minimum Gasteiger partial charge on any atom is -0.497 e. The molecule has 3 rings (SSSR count). The van der Waals surface area contributed by atoms with Crippen molar-refractivity contribution in [1.82, 2.24) is 4.90 Å². The predicted octanol–water partition coefficient (Wildman–Crippen LogP) is 2.94. The average molecular weight is 303 g/mol. The van der Waals surface area contributed by atoms with Gasteiger partial charge in [-0.15, -0.1) is 11.3 Å². The van der Waals surface area contributed by atoms with Crippen molar-refractivity contribution in [1.29, 1.82) is 0 Å². The number of rotatable bonds is 4. The Hall–Kier alpha value is -1.85. The maximum atomic E-state index is 11.7. The second-order valence-corrected chi connectivity index (χ2v) is 6.11. The van der Waals surface area contributed by atoms with E-state index in [0.29, 0.717) is 6.54 Å². The zero-order valence-electron chi connectivity index (χ0n) is 11.8. The van der Waals surface area contributed by atoms with Gasteiger partial charge < -0.3 is 9.84 Å². The first-order valence-corrected chi connectivity index (χ1v) is 7.73. The van der Waals surface area contributed by atoms with Crippen LogP contribution in [0.4, 0.5) is 0 Å². The van der Waals surface area contributed by atoms with E-state index in [2.05, 4.69) is 0 Å². The van der Waals surface area contributed by atoms with E-state index in [1.165, 1.54) is 4.88 Å². The van der Waals surface area contributed by atoms with Gasteiger partial charge in [-0.05, 0) is 41.1 Å². The Morgan fingerprint density at radius 3 is 2.81 bits per heavy atom. The van der Waals surface area contributed by atoms with Crippen molar-refractivity contribution in [3.8, 4) is 5.75 Å². The van der Waals surface area contributed by atoms with Crippen molar-refractivity contribution in [3.05, 3.63) is 51.7 Å². The number of carboxylic acid groups (broad SMARTS) is 1. The fraction of sp³-hybridized carbons (Fsp3) is 0.312. The standard InChI is InChI=1S/C16H17NO3S/c1-20-12-4-2-11(3-5-12)10-17-8-6-14-13(7-9-21-14)15(17)16(18)19/h2-5,7,9,15H,6,8,10H2,1H3,(H,18,19). The molecule has 0 saturated carbocycles. The van der Waals surface area contributed by atoms with Gasteiger partial charge in [0, 0.05) is 18.0 Å². The van der Waals surface area contributed by atoms with E-state index in [4.69, 9.17) is 4.74 Å². The summed E-state index contributed by atoms with van der Waals surface area (Å²) < 4.78 is 5.15. The van der Waals surface area contributed by atoms with Gasteiger partial charge in [0.1, 0.15) is 11.8 Å². The van der Waals surface area contributed by atoms with Crippen LogP contribution < -0.4 is 4.74 Å². The number of aliphatic carboxylic acids is 1. The summed E-state index contributed by atoms with van der Waals surface area (Å²) in [6.45, 7) is 1.41. The monoisotopic (exact) mass is 303 g/mol. The molecule has 2 aromatic rings. The number of methoxy groups -OCH3 is 1. The van der Waals surface area contributed by atoms with Crippen molar-refractivity contribution in [2.24, 2.45) is 0 Å². The molecular weight excluding hydrogens is 286 g/mol. The van der Waals surface area contributed by atoms with Crippen LogP contribution in [0.3, 0.4) is 0 Å². The highest BCUT2D eigenvalue weighted by Crippen LogP contribution is 2.34. The molecule has 1 unspecified atom stereocenters. The van der Waals surface area contributed by atoms with Crippen LogP contribution in [0.2, 0.25) is 0 Å². The summed E-state index contributed by atoms with van der Waals surface area (Å²) in [5.41, 5.74) is 2.05. The van der Waals surface area contributed by atoms with E-state index in [0.717, 1.165) is 29.8 Å². The Morgan fingerprint density at radius 2 is 2.14 bits per heavy atom. The molecule has 1 aromatic heterocycles. The fourth-order valence-electron chi connectivity index (χ4n) is 2.79. The van der Waals surface area contributed by atoms with Gasteiger partial charge in [0.25, 0.3) is 0 Å². The highest BCUT2D eigenvalue weighted by molar-refractivity contribution is 7.10. The molecule has 1 aliphatic rings. The molecule has 0 spiro atoms. The van der Waals surface area contributed by atoms with Crippen LogP contribution in [0.1, 0.15) is 22.0 Å².